The van der Waals surface area contributed by atoms with Gasteiger partial charge in [-0.25, -0.2) is 4.79 Å². The molecule has 1 aliphatic heterocycles. The van der Waals surface area contributed by atoms with Crippen molar-refractivity contribution in [3.05, 3.63) is 46.3 Å². The van der Waals surface area contributed by atoms with Gasteiger partial charge in [-0.1, -0.05) is 18.2 Å². The number of hydrogen-bond acceptors (Lipinski definition) is 5. The largest absolute Gasteiger partial charge is 0.422 e. The summed E-state index contributed by atoms with van der Waals surface area (Å²) < 4.78 is 5.22. The Balaban J connectivity index is 1.77. The first-order valence-corrected chi connectivity index (χ1v) is 7.83. The Kier molecular flexibility index (Phi) is 4.35. The second-order valence-electron chi connectivity index (χ2n) is 5.89. The molecule has 7 nitrogen and oxygen atoms in total. The zero-order valence-electron chi connectivity index (χ0n) is 13.4. The summed E-state index contributed by atoms with van der Waals surface area (Å²) >= 11 is 0. The molecule has 1 aromatic carbocycles. The highest BCUT2D eigenvalue weighted by Gasteiger charge is 2.28. The van der Waals surface area contributed by atoms with Gasteiger partial charge in [0.25, 0.3) is 5.91 Å². The number of carbonyl (C=O) groups excluding carboxylic acids is 2. The van der Waals surface area contributed by atoms with Gasteiger partial charge >= 0.3 is 5.63 Å². The van der Waals surface area contributed by atoms with Gasteiger partial charge in [0.2, 0.25) is 5.91 Å². The highest BCUT2D eigenvalue weighted by atomic mass is 16.4. The van der Waals surface area contributed by atoms with Crippen LogP contribution in [0.5, 0.6) is 0 Å². The molecule has 0 radical (unpaired) electrons. The number of amides is 2. The van der Waals surface area contributed by atoms with E-state index in [0.29, 0.717) is 37.1 Å². The smallest absolute Gasteiger partial charge is 0.349 e. The highest BCUT2D eigenvalue weighted by Crippen LogP contribution is 2.15. The molecule has 0 spiro atoms. The minimum Gasteiger partial charge on any atom is -0.422 e. The Labute approximate surface area is 138 Å². The summed E-state index contributed by atoms with van der Waals surface area (Å²) in [6, 6.07) is 8.28. The van der Waals surface area contributed by atoms with Crippen molar-refractivity contribution in [3.8, 4) is 0 Å². The number of piperazine rings is 1. The molecule has 24 heavy (non-hydrogen) atoms. The molecule has 1 aliphatic rings. The molecule has 1 saturated heterocycles. The van der Waals surface area contributed by atoms with Crippen molar-refractivity contribution in [3.63, 3.8) is 0 Å². The Hall–Kier alpha value is -2.67. The van der Waals surface area contributed by atoms with Crippen molar-refractivity contribution in [1.82, 2.24) is 9.80 Å². The third kappa shape index (κ3) is 3.03. The topological polar surface area (TPSA) is 96.9 Å². The molecule has 1 fully saturated rings. The first kappa shape index (κ1) is 16.2. The molecule has 3 rings (SSSR count). The minimum absolute atomic E-state index is 0.0325. The fourth-order valence-corrected chi connectivity index (χ4v) is 2.87. The average molecular weight is 329 g/mol. The van der Waals surface area contributed by atoms with Crippen molar-refractivity contribution in [2.45, 2.75) is 13.0 Å². The van der Waals surface area contributed by atoms with Crippen LogP contribution in [0.25, 0.3) is 11.0 Å². The van der Waals surface area contributed by atoms with Crippen LogP contribution in [-0.2, 0) is 4.79 Å². The van der Waals surface area contributed by atoms with E-state index in [9.17, 15) is 14.4 Å². The van der Waals surface area contributed by atoms with Crippen LogP contribution in [0.4, 0.5) is 0 Å². The third-order valence-electron chi connectivity index (χ3n) is 4.43. The quantitative estimate of drug-likeness (QED) is 0.824. The molecule has 2 heterocycles. The second kappa shape index (κ2) is 6.45. The van der Waals surface area contributed by atoms with Gasteiger partial charge in [-0.3, -0.25) is 14.5 Å². The molecule has 126 valence electrons. The Morgan fingerprint density at radius 1 is 1.17 bits per heavy atom. The van der Waals surface area contributed by atoms with Crippen LogP contribution in [0, 0.1) is 0 Å². The van der Waals surface area contributed by atoms with E-state index >= 15 is 0 Å². The number of nitrogens with zero attached hydrogens (tertiary/aromatic N) is 2. The lowest BCUT2D eigenvalue weighted by atomic mass is 10.1. The van der Waals surface area contributed by atoms with Gasteiger partial charge < -0.3 is 15.1 Å². The molecule has 0 saturated carbocycles. The molecule has 1 aromatic heterocycles. The molecular formula is C17H19N3O4. The summed E-state index contributed by atoms with van der Waals surface area (Å²) in [4.78, 5) is 39.5. The van der Waals surface area contributed by atoms with E-state index in [0.717, 1.165) is 0 Å². The third-order valence-corrected chi connectivity index (χ3v) is 4.43. The van der Waals surface area contributed by atoms with E-state index in [2.05, 4.69) is 0 Å². The van der Waals surface area contributed by atoms with Gasteiger partial charge in [-0.15, -0.1) is 0 Å². The van der Waals surface area contributed by atoms with E-state index in [1.54, 1.807) is 36.1 Å². The number of carbonyl (C=O) groups is 2. The fourth-order valence-electron chi connectivity index (χ4n) is 2.87. The van der Waals surface area contributed by atoms with E-state index in [-0.39, 0.29) is 23.4 Å². The summed E-state index contributed by atoms with van der Waals surface area (Å²) in [6.07, 6.45) is 0. The van der Waals surface area contributed by atoms with Gasteiger partial charge in [0.05, 0.1) is 6.04 Å². The summed E-state index contributed by atoms with van der Waals surface area (Å²) in [5.74, 6) is -0.731. The molecular weight excluding hydrogens is 310 g/mol. The zero-order chi connectivity index (χ0) is 17.3. The van der Waals surface area contributed by atoms with Crippen molar-refractivity contribution in [2.24, 2.45) is 5.73 Å². The van der Waals surface area contributed by atoms with Crippen LogP contribution < -0.4 is 11.4 Å². The maximum Gasteiger partial charge on any atom is 0.349 e. The van der Waals surface area contributed by atoms with Gasteiger partial charge in [0, 0.05) is 31.6 Å². The van der Waals surface area contributed by atoms with Crippen molar-refractivity contribution < 1.29 is 14.0 Å². The molecule has 2 amide bonds. The fraction of sp³-hybridized carbons (Fsp3) is 0.353. The lowest BCUT2D eigenvalue weighted by molar-refractivity contribution is -0.123. The zero-order valence-corrected chi connectivity index (χ0v) is 13.4. The molecule has 1 unspecified atom stereocenters. The Morgan fingerprint density at radius 3 is 2.50 bits per heavy atom. The normalized spacial score (nSPS) is 17.0. The molecule has 1 atom stereocenters. The van der Waals surface area contributed by atoms with Crippen LogP contribution in [0.1, 0.15) is 17.3 Å². The van der Waals surface area contributed by atoms with E-state index in [1.807, 2.05) is 11.0 Å². The lowest BCUT2D eigenvalue weighted by Gasteiger charge is -2.36. The Bertz CT molecular complexity index is 837. The predicted molar refractivity (Wildman–Crippen MR) is 88.6 cm³/mol. The number of hydrogen-bond donors (Lipinski definition) is 1. The molecule has 2 aromatic rings. The standard InChI is InChI=1S/C17H19N3O4/c1-11(15(18)21)19-6-8-20(9-7-19)16(22)13-10-12-4-2-3-5-14(12)24-17(13)23/h2-5,10-11H,6-9H2,1H3,(H2,18,21). The monoisotopic (exact) mass is 329 g/mol. The van der Waals surface area contributed by atoms with Crippen LogP contribution >= 0.6 is 0 Å². The lowest BCUT2D eigenvalue weighted by Crippen LogP contribution is -2.54. The summed E-state index contributed by atoms with van der Waals surface area (Å²) in [5.41, 5.74) is 5.17. The van der Waals surface area contributed by atoms with E-state index < -0.39 is 5.63 Å². The Morgan fingerprint density at radius 2 is 1.83 bits per heavy atom. The van der Waals surface area contributed by atoms with Gasteiger partial charge in [0.15, 0.2) is 0 Å². The van der Waals surface area contributed by atoms with Gasteiger partial charge in [-0.05, 0) is 19.1 Å². The van der Waals surface area contributed by atoms with Crippen LogP contribution in [0.3, 0.4) is 0 Å². The first-order valence-electron chi connectivity index (χ1n) is 7.83. The van der Waals surface area contributed by atoms with Crippen molar-refractivity contribution in [1.29, 1.82) is 0 Å². The SMILES string of the molecule is CC(C(N)=O)N1CCN(C(=O)c2cc3ccccc3oc2=O)CC1. The van der Waals surface area contributed by atoms with Crippen LogP contribution in [-0.4, -0.2) is 53.8 Å². The summed E-state index contributed by atoms with van der Waals surface area (Å²) in [6.45, 7) is 3.69. The predicted octanol–water partition coefficient (Wildman–Crippen LogP) is 0.425. The maximum absolute atomic E-state index is 12.6. The van der Waals surface area contributed by atoms with Crippen LogP contribution in [0.15, 0.2) is 39.5 Å². The van der Waals surface area contributed by atoms with E-state index in [1.165, 1.54) is 0 Å². The number of fused-ring (bicyclic) bond motifs is 1. The molecule has 0 bridgehead atoms. The van der Waals surface area contributed by atoms with Crippen molar-refractivity contribution >= 4 is 22.8 Å². The average Bonchev–Trinajstić information content (AvgIpc) is 2.60. The highest BCUT2D eigenvalue weighted by molar-refractivity contribution is 5.96. The number of benzene rings is 1. The summed E-state index contributed by atoms with van der Waals surface area (Å²) in [7, 11) is 0. The number of nitrogens with two attached hydrogens (primary N) is 1. The second-order valence-corrected chi connectivity index (χ2v) is 5.89. The molecule has 2 N–H and O–H groups in total. The number of rotatable bonds is 3. The van der Waals surface area contributed by atoms with E-state index in [4.69, 9.17) is 10.2 Å². The van der Waals surface area contributed by atoms with Crippen LogP contribution in [0.2, 0.25) is 0 Å². The van der Waals surface area contributed by atoms with Gasteiger partial charge in [0.1, 0.15) is 11.1 Å². The molecule has 7 heteroatoms. The first-order chi connectivity index (χ1) is 11.5. The van der Waals surface area contributed by atoms with Crippen molar-refractivity contribution in [2.75, 3.05) is 26.2 Å². The minimum atomic E-state index is -0.633. The number of para-hydroxylation sites is 1. The number of primary amides is 1. The maximum atomic E-state index is 12.6. The molecule has 0 aliphatic carbocycles. The van der Waals surface area contributed by atoms with Gasteiger partial charge in [-0.2, -0.15) is 0 Å². The summed E-state index contributed by atoms with van der Waals surface area (Å²) in [5, 5.41) is 0.710.